The summed E-state index contributed by atoms with van der Waals surface area (Å²) in [7, 11) is -1.92. The third-order valence-corrected chi connectivity index (χ3v) is 7.64. The lowest BCUT2D eigenvalue weighted by molar-refractivity contribution is -0.122. The Kier molecular flexibility index (Phi) is 7.31. The summed E-state index contributed by atoms with van der Waals surface area (Å²) in [6, 6.07) is 6.50. The summed E-state index contributed by atoms with van der Waals surface area (Å²) in [5, 5.41) is 3.01. The van der Waals surface area contributed by atoms with E-state index in [1.807, 2.05) is 0 Å². The van der Waals surface area contributed by atoms with Gasteiger partial charge in [0.1, 0.15) is 5.75 Å². The highest BCUT2D eigenvalue weighted by atomic mass is 32.2. The highest BCUT2D eigenvalue weighted by Gasteiger charge is 2.28. The first-order valence-electron chi connectivity index (χ1n) is 10.1. The van der Waals surface area contributed by atoms with Crippen LogP contribution < -0.4 is 10.1 Å². The van der Waals surface area contributed by atoms with Gasteiger partial charge in [-0.3, -0.25) is 9.69 Å². The van der Waals surface area contributed by atoms with Crippen molar-refractivity contribution in [2.75, 3.05) is 46.4 Å². The Morgan fingerprint density at radius 3 is 2.36 bits per heavy atom. The van der Waals surface area contributed by atoms with Crippen molar-refractivity contribution >= 4 is 15.9 Å². The van der Waals surface area contributed by atoms with Gasteiger partial charge in [-0.05, 0) is 43.0 Å². The lowest BCUT2D eigenvalue weighted by Crippen LogP contribution is -2.50. The molecule has 0 radical (unpaired) electrons. The molecule has 0 atom stereocenters. The summed E-state index contributed by atoms with van der Waals surface area (Å²) in [5.74, 6) is 1.35. The number of nitrogens with one attached hydrogen (secondary N) is 1. The Morgan fingerprint density at radius 1 is 1.11 bits per heavy atom. The fraction of sp³-hybridized carbons (Fsp3) is 0.650. The van der Waals surface area contributed by atoms with E-state index in [9.17, 15) is 13.2 Å². The van der Waals surface area contributed by atoms with Crippen LogP contribution in [-0.4, -0.2) is 69.9 Å². The molecular formula is C20H31N3O4S. The van der Waals surface area contributed by atoms with E-state index in [0.29, 0.717) is 55.7 Å². The van der Waals surface area contributed by atoms with Crippen LogP contribution in [0.25, 0.3) is 0 Å². The molecule has 1 aliphatic carbocycles. The largest absolute Gasteiger partial charge is 0.497 e. The molecule has 7 nitrogen and oxygen atoms in total. The van der Waals surface area contributed by atoms with Crippen molar-refractivity contribution in [2.45, 2.75) is 37.0 Å². The molecule has 0 bridgehead atoms. The molecule has 1 aliphatic heterocycles. The van der Waals surface area contributed by atoms with Gasteiger partial charge in [0.05, 0.1) is 12.0 Å². The molecule has 1 aromatic carbocycles. The average molecular weight is 410 g/mol. The van der Waals surface area contributed by atoms with Crippen LogP contribution in [0.4, 0.5) is 0 Å². The second kappa shape index (κ2) is 9.71. The number of amides is 1. The Morgan fingerprint density at radius 2 is 1.75 bits per heavy atom. The first kappa shape index (κ1) is 21.1. The highest BCUT2D eigenvalue weighted by Crippen LogP contribution is 2.27. The van der Waals surface area contributed by atoms with Crippen LogP contribution in [-0.2, 0) is 14.8 Å². The smallest absolute Gasteiger partial charge is 0.243 e. The molecule has 0 unspecified atom stereocenters. The van der Waals surface area contributed by atoms with Crippen molar-refractivity contribution in [2.24, 2.45) is 5.92 Å². The van der Waals surface area contributed by atoms with E-state index in [4.69, 9.17) is 4.74 Å². The third kappa shape index (κ3) is 5.46. The van der Waals surface area contributed by atoms with Gasteiger partial charge in [0, 0.05) is 45.7 Å². The lowest BCUT2D eigenvalue weighted by Gasteiger charge is -2.34. The minimum atomic E-state index is -3.48. The summed E-state index contributed by atoms with van der Waals surface area (Å²) in [6.45, 7) is 3.65. The lowest BCUT2D eigenvalue weighted by atomic mass is 10.0. The summed E-state index contributed by atoms with van der Waals surface area (Å²) >= 11 is 0. The van der Waals surface area contributed by atoms with Crippen LogP contribution >= 0.6 is 0 Å². The maximum absolute atomic E-state index is 12.8. The minimum Gasteiger partial charge on any atom is -0.497 e. The number of nitrogens with zero attached hydrogens (tertiary/aromatic N) is 2. The standard InChI is InChI=1S/C20H31N3O4S/c1-27-18-6-8-19(9-7-18)28(25,26)23-14-12-22(13-15-23)11-10-21-20(24)16-17-4-2-3-5-17/h6-9,17H,2-5,10-16H2,1H3,(H,21,24). The zero-order chi connectivity index (χ0) is 20.0. The Hall–Kier alpha value is -1.64. The van der Waals surface area contributed by atoms with Gasteiger partial charge >= 0.3 is 0 Å². The second-order valence-electron chi connectivity index (χ2n) is 7.63. The van der Waals surface area contributed by atoms with Gasteiger partial charge in [0.15, 0.2) is 0 Å². The number of sulfonamides is 1. The van der Waals surface area contributed by atoms with Crippen molar-refractivity contribution < 1.29 is 17.9 Å². The zero-order valence-electron chi connectivity index (χ0n) is 16.6. The van der Waals surface area contributed by atoms with E-state index in [1.54, 1.807) is 31.4 Å². The Labute approximate surface area is 168 Å². The molecule has 1 N–H and O–H groups in total. The molecule has 8 heteroatoms. The van der Waals surface area contributed by atoms with Gasteiger partial charge in [0.25, 0.3) is 0 Å². The van der Waals surface area contributed by atoms with Gasteiger partial charge in [0.2, 0.25) is 15.9 Å². The SMILES string of the molecule is COc1ccc(S(=O)(=O)N2CCN(CCNC(=O)CC3CCCC3)CC2)cc1. The van der Waals surface area contributed by atoms with Crippen molar-refractivity contribution in [3.05, 3.63) is 24.3 Å². The molecule has 1 heterocycles. The fourth-order valence-corrected chi connectivity index (χ4v) is 5.41. The van der Waals surface area contributed by atoms with E-state index in [-0.39, 0.29) is 5.91 Å². The van der Waals surface area contributed by atoms with Gasteiger partial charge in [-0.15, -0.1) is 0 Å². The second-order valence-corrected chi connectivity index (χ2v) is 9.56. The van der Waals surface area contributed by atoms with Gasteiger partial charge < -0.3 is 10.1 Å². The molecule has 1 saturated carbocycles. The number of piperazine rings is 1. The average Bonchev–Trinajstić information content (AvgIpc) is 3.21. The maximum Gasteiger partial charge on any atom is 0.243 e. The molecule has 1 saturated heterocycles. The van der Waals surface area contributed by atoms with Crippen LogP contribution in [0.3, 0.4) is 0 Å². The third-order valence-electron chi connectivity index (χ3n) is 5.73. The van der Waals surface area contributed by atoms with E-state index in [1.165, 1.54) is 30.0 Å². The van der Waals surface area contributed by atoms with Gasteiger partial charge in [-0.1, -0.05) is 12.8 Å². The van der Waals surface area contributed by atoms with E-state index in [0.717, 1.165) is 6.54 Å². The molecule has 0 aromatic heterocycles. The van der Waals surface area contributed by atoms with Crippen LogP contribution in [0.2, 0.25) is 0 Å². The summed E-state index contributed by atoms with van der Waals surface area (Å²) in [5.41, 5.74) is 0. The molecule has 0 spiro atoms. The normalized spacial score (nSPS) is 19.6. The van der Waals surface area contributed by atoms with E-state index in [2.05, 4.69) is 10.2 Å². The monoisotopic (exact) mass is 409 g/mol. The summed E-state index contributed by atoms with van der Waals surface area (Å²) in [4.78, 5) is 14.5. The number of rotatable bonds is 8. The molecule has 1 amide bonds. The number of carbonyl (C=O) groups is 1. The molecule has 28 heavy (non-hydrogen) atoms. The predicted octanol–water partition coefficient (Wildman–Crippen LogP) is 1.70. The maximum atomic E-state index is 12.8. The molecule has 1 aromatic rings. The van der Waals surface area contributed by atoms with Crippen LogP contribution in [0, 0.1) is 5.92 Å². The number of hydrogen-bond acceptors (Lipinski definition) is 5. The Balaban J connectivity index is 1.40. The predicted molar refractivity (Wildman–Crippen MR) is 108 cm³/mol. The number of carbonyl (C=O) groups excluding carboxylic acids is 1. The van der Waals surface area contributed by atoms with Crippen molar-refractivity contribution in [3.8, 4) is 5.75 Å². The van der Waals surface area contributed by atoms with Crippen LogP contribution in [0.1, 0.15) is 32.1 Å². The van der Waals surface area contributed by atoms with Gasteiger partial charge in [-0.25, -0.2) is 8.42 Å². The molecule has 156 valence electrons. The van der Waals surface area contributed by atoms with Crippen molar-refractivity contribution in [3.63, 3.8) is 0 Å². The van der Waals surface area contributed by atoms with Crippen LogP contribution in [0.5, 0.6) is 5.75 Å². The molecular weight excluding hydrogens is 378 g/mol. The molecule has 3 rings (SSSR count). The van der Waals surface area contributed by atoms with Crippen molar-refractivity contribution in [1.29, 1.82) is 0 Å². The first-order valence-corrected chi connectivity index (χ1v) is 11.6. The topological polar surface area (TPSA) is 79.0 Å². The first-order chi connectivity index (χ1) is 13.5. The zero-order valence-corrected chi connectivity index (χ0v) is 17.4. The number of benzene rings is 1. The van der Waals surface area contributed by atoms with Crippen molar-refractivity contribution in [1.82, 2.24) is 14.5 Å². The fourth-order valence-electron chi connectivity index (χ4n) is 3.99. The number of ether oxygens (including phenoxy) is 1. The highest BCUT2D eigenvalue weighted by molar-refractivity contribution is 7.89. The minimum absolute atomic E-state index is 0.146. The quantitative estimate of drug-likeness (QED) is 0.707. The van der Waals surface area contributed by atoms with E-state index >= 15 is 0 Å². The van der Waals surface area contributed by atoms with E-state index < -0.39 is 10.0 Å². The van der Waals surface area contributed by atoms with Crippen LogP contribution in [0.15, 0.2) is 29.2 Å². The number of hydrogen-bond donors (Lipinski definition) is 1. The molecule has 2 aliphatic rings. The summed E-state index contributed by atoms with van der Waals surface area (Å²) < 4.78 is 32.2. The van der Waals surface area contributed by atoms with Gasteiger partial charge in [-0.2, -0.15) is 4.31 Å². The molecule has 2 fully saturated rings. The Bertz CT molecular complexity index is 737. The summed E-state index contributed by atoms with van der Waals surface area (Å²) in [6.07, 6.45) is 5.51. The number of methoxy groups -OCH3 is 1.